The van der Waals surface area contributed by atoms with Crippen LogP contribution in [0.15, 0.2) is 11.4 Å². The molecule has 0 saturated carbocycles. The van der Waals surface area contributed by atoms with Gasteiger partial charge in [0.05, 0.1) is 0 Å². The molecule has 0 atom stereocenters. The van der Waals surface area contributed by atoms with Gasteiger partial charge in [-0.3, -0.25) is 0 Å². The molecule has 0 aliphatic carbocycles. The average molecular weight is 189 g/mol. The van der Waals surface area contributed by atoms with Gasteiger partial charge in [-0.1, -0.05) is 13.8 Å². The van der Waals surface area contributed by atoms with E-state index < -0.39 is 0 Å². The van der Waals surface area contributed by atoms with Gasteiger partial charge in [0.25, 0.3) is 0 Å². The Morgan fingerprint density at radius 1 is 1.55 bits per heavy atom. The van der Waals surface area contributed by atoms with Crippen molar-refractivity contribution >= 4 is 22.9 Å². The van der Waals surface area contributed by atoms with Crippen molar-refractivity contribution < 1.29 is 0 Å². The van der Waals surface area contributed by atoms with Crippen molar-refractivity contribution in [2.24, 2.45) is 5.92 Å². The lowest BCUT2D eigenvalue weighted by Crippen LogP contribution is -1.89. The summed E-state index contributed by atoms with van der Waals surface area (Å²) in [6.45, 7) is 4.47. The first kappa shape index (κ1) is 9.08. The molecule has 0 amide bonds. The van der Waals surface area contributed by atoms with Crippen LogP contribution in [0.3, 0.4) is 0 Å². The van der Waals surface area contributed by atoms with Crippen molar-refractivity contribution in [3.05, 3.63) is 21.9 Å². The monoisotopic (exact) mass is 188 g/mol. The van der Waals surface area contributed by atoms with Gasteiger partial charge < -0.3 is 0 Å². The van der Waals surface area contributed by atoms with E-state index in [0.29, 0.717) is 5.88 Å². The van der Waals surface area contributed by atoms with Crippen LogP contribution in [0.2, 0.25) is 0 Å². The molecule has 1 aromatic rings. The standard InChI is InChI=1S/C9H13ClS/c1-7(2)3-9-4-8(5-10)6-11-9/h4,6-7H,3,5H2,1-2H3. The van der Waals surface area contributed by atoms with E-state index in [2.05, 4.69) is 25.3 Å². The molecule has 0 N–H and O–H groups in total. The largest absolute Gasteiger partial charge is 0.149 e. The molecular formula is C9H13ClS. The maximum absolute atomic E-state index is 5.68. The van der Waals surface area contributed by atoms with Crippen molar-refractivity contribution in [1.29, 1.82) is 0 Å². The molecule has 0 aliphatic rings. The topological polar surface area (TPSA) is 0 Å². The number of alkyl halides is 1. The zero-order chi connectivity index (χ0) is 8.27. The number of hydrogen-bond acceptors (Lipinski definition) is 1. The van der Waals surface area contributed by atoms with Crippen LogP contribution in [-0.4, -0.2) is 0 Å². The van der Waals surface area contributed by atoms with Crippen molar-refractivity contribution in [2.75, 3.05) is 0 Å². The lowest BCUT2D eigenvalue weighted by molar-refractivity contribution is 0.654. The lowest BCUT2D eigenvalue weighted by atomic mass is 10.1. The van der Waals surface area contributed by atoms with E-state index in [1.54, 1.807) is 0 Å². The van der Waals surface area contributed by atoms with Crippen molar-refractivity contribution in [1.82, 2.24) is 0 Å². The first-order valence-corrected chi connectivity index (χ1v) is 5.26. The van der Waals surface area contributed by atoms with E-state index in [-0.39, 0.29) is 0 Å². The highest BCUT2D eigenvalue weighted by molar-refractivity contribution is 7.10. The van der Waals surface area contributed by atoms with E-state index in [0.717, 1.165) is 5.92 Å². The van der Waals surface area contributed by atoms with E-state index >= 15 is 0 Å². The third kappa shape index (κ3) is 2.84. The summed E-state index contributed by atoms with van der Waals surface area (Å²) in [5.41, 5.74) is 1.26. The molecule has 0 aromatic carbocycles. The predicted molar refractivity (Wildman–Crippen MR) is 52.4 cm³/mol. The molecule has 0 spiro atoms. The Morgan fingerprint density at radius 3 is 2.73 bits per heavy atom. The number of hydrogen-bond donors (Lipinski definition) is 0. The lowest BCUT2D eigenvalue weighted by Gasteiger charge is -1.99. The van der Waals surface area contributed by atoms with Crippen LogP contribution in [0.1, 0.15) is 24.3 Å². The van der Waals surface area contributed by atoms with Crippen LogP contribution in [0, 0.1) is 5.92 Å². The predicted octanol–water partition coefficient (Wildman–Crippen LogP) is 3.69. The molecule has 1 aromatic heterocycles. The minimum atomic E-state index is 0.647. The second-order valence-electron chi connectivity index (χ2n) is 3.15. The second kappa shape index (κ2) is 4.13. The Bertz CT molecular complexity index is 215. The van der Waals surface area contributed by atoms with Gasteiger partial charge in [-0.05, 0) is 29.3 Å². The third-order valence-corrected chi connectivity index (χ3v) is 2.79. The van der Waals surface area contributed by atoms with Crippen molar-refractivity contribution in [2.45, 2.75) is 26.1 Å². The molecule has 0 saturated heterocycles. The Balaban J connectivity index is 2.58. The maximum Gasteiger partial charge on any atom is 0.0482 e. The van der Waals surface area contributed by atoms with Gasteiger partial charge in [-0.15, -0.1) is 22.9 Å². The molecule has 1 rings (SSSR count). The van der Waals surface area contributed by atoms with Gasteiger partial charge in [0.2, 0.25) is 0 Å². The summed E-state index contributed by atoms with van der Waals surface area (Å²) in [6, 6.07) is 2.21. The van der Waals surface area contributed by atoms with Gasteiger partial charge in [0.15, 0.2) is 0 Å². The number of rotatable bonds is 3. The normalized spacial score (nSPS) is 10.9. The van der Waals surface area contributed by atoms with Crippen LogP contribution in [-0.2, 0) is 12.3 Å². The minimum absolute atomic E-state index is 0.647. The molecule has 0 aliphatic heterocycles. The van der Waals surface area contributed by atoms with Gasteiger partial charge in [-0.2, -0.15) is 0 Å². The van der Waals surface area contributed by atoms with Crippen molar-refractivity contribution in [3.8, 4) is 0 Å². The Kier molecular flexibility index (Phi) is 3.41. The molecule has 0 nitrogen and oxygen atoms in total. The summed E-state index contributed by atoms with van der Waals surface area (Å²) in [5.74, 6) is 1.39. The molecule has 1 heterocycles. The molecule has 0 unspecified atom stereocenters. The SMILES string of the molecule is CC(C)Cc1cc(CCl)cs1. The zero-order valence-corrected chi connectivity index (χ0v) is 8.50. The Morgan fingerprint density at radius 2 is 2.27 bits per heavy atom. The average Bonchev–Trinajstić information content (AvgIpc) is 2.34. The summed E-state index contributed by atoms with van der Waals surface area (Å²) in [5, 5.41) is 2.14. The molecule has 0 bridgehead atoms. The van der Waals surface area contributed by atoms with Gasteiger partial charge >= 0.3 is 0 Å². The zero-order valence-electron chi connectivity index (χ0n) is 6.93. The fraction of sp³-hybridized carbons (Fsp3) is 0.556. The van der Waals surface area contributed by atoms with E-state index in [9.17, 15) is 0 Å². The minimum Gasteiger partial charge on any atom is -0.149 e. The second-order valence-corrected chi connectivity index (χ2v) is 4.42. The molecule has 2 heteroatoms. The summed E-state index contributed by atoms with van der Waals surface area (Å²) < 4.78 is 0. The third-order valence-electron chi connectivity index (χ3n) is 1.47. The summed E-state index contributed by atoms with van der Waals surface area (Å²) in [7, 11) is 0. The van der Waals surface area contributed by atoms with Gasteiger partial charge in [0.1, 0.15) is 0 Å². The fourth-order valence-corrected chi connectivity index (χ4v) is 2.35. The first-order chi connectivity index (χ1) is 5.22. The van der Waals surface area contributed by atoms with Gasteiger partial charge in [0, 0.05) is 10.8 Å². The van der Waals surface area contributed by atoms with Gasteiger partial charge in [-0.25, -0.2) is 0 Å². The number of thiophene rings is 1. The molecule has 0 radical (unpaired) electrons. The smallest absolute Gasteiger partial charge is 0.0482 e. The van der Waals surface area contributed by atoms with Crippen LogP contribution < -0.4 is 0 Å². The highest BCUT2D eigenvalue weighted by Crippen LogP contribution is 2.19. The van der Waals surface area contributed by atoms with E-state index in [1.165, 1.54) is 16.9 Å². The quantitative estimate of drug-likeness (QED) is 0.635. The van der Waals surface area contributed by atoms with Crippen molar-refractivity contribution in [3.63, 3.8) is 0 Å². The van der Waals surface area contributed by atoms with Crippen LogP contribution in [0.4, 0.5) is 0 Å². The fourth-order valence-electron chi connectivity index (χ4n) is 1.01. The van der Waals surface area contributed by atoms with E-state index in [4.69, 9.17) is 11.6 Å². The van der Waals surface area contributed by atoms with Crippen LogP contribution in [0.25, 0.3) is 0 Å². The van der Waals surface area contributed by atoms with E-state index in [1.807, 2.05) is 11.3 Å². The summed E-state index contributed by atoms with van der Waals surface area (Å²) >= 11 is 7.50. The summed E-state index contributed by atoms with van der Waals surface area (Å²) in [4.78, 5) is 1.45. The maximum atomic E-state index is 5.68. The molecule has 11 heavy (non-hydrogen) atoms. The molecule has 62 valence electrons. The van der Waals surface area contributed by atoms with Crippen LogP contribution >= 0.6 is 22.9 Å². The first-order valence-electron chi connectivity index (χ1n) is 3.84. The van der Waals surface area contributed by atoms with Crippen LogP contribution in [0.5, 0.6) is 0 Å². The molecule has 0 fully saturated rings. The highest BCUT2D eigenvalue weighted by Gasteiger charge is 2.00. The highest BCUT2D eigenvalue weighted by atomic mass is 35.5. The molecular weight excluding hydrogens is 176 g/mol. The number of halogens is 1. The summed E-state index contributed by atoms with van der Waals surface area (Å²) in [6.07, 6.45) is 1.18. The Labute approximate surface area is 77.2 Å². The Hall–Kier alpha value is -0.0100.